The Morgan fingerprint density at radius 2 is 0.919 bits per heavy atom. The van der Waals surface area contributed by atoms with E-state index in [2.05, 4.69) is 55.6 Å². The van der Waals surface area contributed by atoms with Crippen LogP contribution in [0.15, 0.2) is 48.6 Å². The topological polar surface area (TPSA) is 149 Å². The number of unbranched alkanes of at least 4 members (excludes halogenated alkanes) is 27. The van der Waals surface area contributed by atoms with Gasteiger partial charge in [-0.15, -0.1) is 0 Å². The molecule has 1 rings (SSSR count). The number of rotatable bonds is 43. The lowest BCUT2D eigenvalue weighted by Gasteiger charge is -2.40. The molecule has 1 heterocycles. The average Bonchev–Trinajstić information content (AvgIpc) is 3.27. The molecule has 1 aliphatic heterocycles. The second-order valence-corrected chi connectivity index (χ2v) is 17.9. The molecule has 7 unspecified atom stereocenters. The summed E-state index contributed by atoms with van der Waals surface area (Å²) in [6, 6.07) is -0.828. The van der Waals surface area contributed by atoms with E-state index in [0.29, 0.717) is 6.42 Å². The Kier molecular flexibility index (Phi) is 40.4. The minimum absolute atomic E-state index is 0.192. The fourth-order valence-corrected chi connectivity index (χ4v) is 7.95. The first-order chi connectivity index (χ1) is 30.3. The van der Waals surface area contributed by atoms with Crippen molar-refractivity contribution >= 4 is 5.91 Å². The molecular weight excluding hydrogens is 779 g/mol. The third-order valence-corrected chi connectivity index (χ3v) is 12.1. The maximum absolute atomic E-state index is 13.0. The molecule has 9 nitrogen and oxygen atoms in total. The van der Waals surface area contributed by atoms with Crippen LogP contribution in [0, 0.1) is 0 Å². The van der Waals surface area contributed by atoms with Gasteiger partial charge in [0.1, 0.15) is 24.4 Å². The van der Waals surface area contributed by atoms with Crippen LogP contribution in [0.25, 0.3) is 0 Å². The molecule has 362 valence electrons. The summed E-state index contributed by atoms with van der Waals surface area (Å²) in [5.74, 6) is -0.192. The standard InChI is InChI=1S/C53H97NO8/c1-3-5-7-9-11-13-15-17-19-21-22-23-24-25-26-27-29-31-33-35-37-39-41-43-49(57)54-46(45-61-53-52(60)51(59)50(58)48(44-55)62-53)47(56)42-40-38-36-34-32-30-28-20-18-16-14-12-10-8-6-4-2/h18,20-22,32,34,40,42,46-48,50-53,55-56,58-60H,3-17,19,23-31,33,35-39,41,43-45H2,1-2H3,(H,54,57)/b20-18+,22-21-,34-32+,42-40+. The minimum atomic E-state index is -1.57. The quantitative estimate of drug-likeness (QED) is 0.0262. The summed E-state index contributed by atoms with van der Waals surface area (Å²) in [5, 5.41) is 54.3. The van der Waals surface area contributed by atoms with Gasteiger partial charge in [0.15, 0.2) is 6.29 Å². The van der Waals surface area contributed by atoms with Crippen LogP contribution in [-0.2, 0) is 14.3 Å². The second-order valence-electron chi connectivity index (χ2n) is 17.9. The van der Waals surface area contributed by atoms with Crippen LogP contribution < -0.4 is 5.32 Å². The van der Waals surface area contributed by atoms with Crippen LogP contribution in [0.5, 0.6) is 0 Å². The Labute approximate surface area is 380 Å². The van der Waals surface area contributed by atoms with Gasteiger partial charge < -0.3 is 40.3 Å². The van der Waals surface area contributed by atoms with Crippen molar-refractivity contribution < 1.29 is 39.8 Å². The largest absolute Gasteiger partial charge is 0.394 e. The third kappa shape index (κ3) is 32.8. The first kappa shape index (κ1) is 58.2. The van der Waals surface area contributed by atoms with E-state index in [0.717, 1.165) is 51.4 Å². The number of amides is 1. The molecule has 1 amide bonds. The van der Waals surface area contributed by atoms with Gasteiger partial charge in [-0.25, -0.2) is 0 Å². The van der Waals surface area contributed by atoms with Gasteiger partial charge in [-0.3, -0.25) is 4.79 Å². The fraction of sp³-hybridized carbons (Fsp3) is 0.830. The molecule has 7 atom stereocenters. The van der Waals surface area contributed by atoms with Crippen molar-refractivity contribution in [3.05, 3.63) is 48.6 Å². The number of ether oxygens (including phenoxy) is 2. The summed E-state index contributed by atoms with van der Waals surface area (Å²) in [7, 11) is 0. The van der Waals surface area contributed by atoms with Gasteiger partial charge >= 0.3 is 0 Å². The first-order valence-electron chi connectivity index (χ1n) is 25.9. The van der Waals surface area contributed by atoms with E-state index in [1.54, 1.807) is 6.08 Å². The normalized spacial score (nSPS) is 20.7. The fourth-order valence-electron chi connectivity index (χ4n) is 7.95. The molecule has 0 aromatic carbocycles. The zero-order valence-electron chi connectivity index (χ0n) is 39.9. The zero-order chi connectivity index (χ0) is 45.1. The van der Waals surface area contributed by atoms with Crippen LogP contribution >= 0.6 is 0 Å². The molecule has 0 bridgehead atoms. The SMILES string of the molecule is CCCCCCCC/C=C/CC/C=C/CC/C=C/C(O)C(COC1OC(CO)C(O)C(O)C1O)NC(=O)CCCCCCCCCCCCC/C=C\CCCCCCCCCC. The summed E-state index contributed by atoms with van der Waals surface area (Å²) in [6.45, 7) is 3.75. The number of hydrogen-bond acceptors (Lipinski definition) is 8. The molecule has 6 N–H and O–H groups in total. The molecule has 0 saturated carbocycles. The van der Waals surface area contributed by atoms with Crippen LogP contribution in [-0.4, -0.2) is 87.5 Å². The zero-order valence-corrected chi connectivity index (χ0v) is 39.9. The molecule has 0 spiro atoms. The van der Waals surface area contributed by atoms with Crippen molar-refractivity contribution in [2.45, 2.75) is 269 Å². The first-order valence-corrected chi connectivity index (χ1v) is 25.9. The Bertz CT molecular complexity index is 1110. The summed E-state index contributed by atoms with van der Waals surface area (Å²) < 4.78 is 11.2. The van der Waals surface area contributed by atoms with Crippen LogP contribution in [0.1, 0.15) is 226 Å². The van der Waals surface area contributed by atoms with Crippen molar-refractivity contribution in [3.63, 3.8) is 0 Å². The number of allylic oxidation sites excluding steroid dienone is 7. The maximum Gasteiger partial charge on any atom is 0.220 e. The van der Waals surface area contributed by atoms with Crippen molar-refractivity contribution in [3.8, 4) is 0 Å². The van der Waals surface area contributed by atoms with E-state index in [9.17, 15) is 30.3 Å². The molecule has 0 aliphatic carbocycles. The smallest absolute Gasteiger partial charge is 0.220 e. The highest BCUT2D eigenvalue weighted by atomic mass is 16.7. The van der Waals surface area contributed by atoms with Crippen molar-refractivity contribution in [1.29, 1.82) is 0 Å². The highest BCUT2D eigenvalue weighted by molar-refractivity contribution is 5.76. The number of hydrogen-bond donors (Lipinski definition) is 6. The molecule has 62 heavy (non-hydrogen) atoms. The van der Waals surface area contributed by atoms with E-state index in [-0.39, 0.29) is 12.5 Å². The van der Waals surface area contributed by atoms with Gasteiger partial charge in [-0.2, -0.15) is 0 Å². The predicted molar refractivity (Wildman–Crippen MR) is 258 cm³/mol. The minimum Gasteiger partial charge on any atom is -0.394 e. The van der Waals surface area contributed by atoms with Gasteiger partial charge in [0.25, 0.3) is 0 Å². The van der Waals surface area contributed by atoms with E-state index in [1.165, 1.54) is 154 Å². The van der Waals surface area contributed by atoms with Crippen molar-refractivity contribution in [1.82, 2.24) is 5.32 Å². The molecule has 0 radical (unpaired) electrons. The molecule has 1 aliphatic rings. The van der Waals surface area contributed by atoms with Gasteiger partial charge in [0.05, 0.1) is 25.4 Å². The van der Waals surface area contributed by atoms with Crippen molar-refractivity contribution in [2.75, 3.05) is 13.2 Å². The molecule has 0 aromatic heterocycles. The summed E-state index contributed by atoms with van der Waals surface area (Å²) in [4.78, 5) is 13.0. The Morgan fingerprint density at radius 1 is 0.532 bits per heavy atom. The summed E-state index contributed by atoms with van der Waals surface area (Å²) >= 11 is 0. The second kappa shape index (κ2) is 43.1. The lowest BCUT2D eigenvalue weighted by atomic mass is 9.99. The Balaban J connectivity index is 2.30. The number of nitrogens with one attached hydrogen (secondary N) is 1. The van der Waals surface area contributed by atoms with Gasteiger partial charge in [0, 0.05) is 6.42 Å². The number of aliphatic hydroxyl groups is 5. The van der Waals surface area contributed by atoms with Crippen LogP contribution in [0.3, 0.4) is 0 Å². The maximum atomic E-state index is 13.0. The molecule has 1 saturated heterocycles. The number of aliphatic hydroxyl groups excluding tert-OH is 5. The summed E-state index contributed by atoms with van der Waals surface area (Å²) in [5.41, 5.74) is 0. The Hall–Kier alpha value is -1.85. The van der Waals surface area contributed by atoms with E-state index in [4.69, 9.17) is 9.47 Å². The van der Waals surface area contributed by atoms with E-state index in [1.807, 2.05) is 6.08 Å². The predicted octanol–water partition coefficient (Wildman–Crippen LogP) is 11.8. The number of carbonyl (C=O) groups excluding carboxylic acids is 1. The molecular formula is C53H97NO8. The number of carbonyl (C=O) groups is 1. The van der Waals surface area contributed by atoms with Crippen LogP contribution in [0.2, 0.25) is 0 Å². The lowest BCUT2D eigenvalue weighted by Crippen LogP contribution is -2.60. The highest BCUT2D eigenvalue weighted by Gasteiger charge is 2.44. The van der Waals surface area contributed by atoms with Gasteiger partial charge in [0.2, 0.25) is 5.91 Å². The average molecular weight is 876 g/mol. The van der Waals surface area contributed by atoms with E-state index >= 15 is 0 Å². The van der Waals surface area contributed by atoms with E-state index < -0.39 is 49.5 Å². The Morgan fingerprint density at radius 3 is 1.35 bits per heavy atom. The van der Waals surface area contributed by atoms with Gasteiger partial charge in [-0.1, -0.05) is 197 Å². The monoisotopic (exact) mass is 876 g/mol. The molecule has 0 aromatic rings. The lowest BCUT2D eigenvalue weighted by molar-refractivity contribution is -0.302. The molecule has 1 fully saturated rings. The highest BCUT2D eigenvalue weighted by Crippen LogP contribution is 2.23. The third-order valence-electron chi connectivity index (χ3n) is 12.1. The van der Waals surface area contributed by atoms with Gasteiger partial charge in [-0.05, 0) is 70.6 Å². The molecule has 9 heteroatoms. The van der Waals surface area contributed by atoms with Crippen LogP contribution in [0.4, 0.5) is 0 Å². The van der Waals surface area contributed by atoms with Crippen molar-refractivity contribution in [2.24, 2.45) is 0 Å². The summed E-state index contributed by atoms with van der Waals surface area (Å²) in [6.07, 6.45) is 48.8.